The van der Waals surface area contributed by atoms with Crippen LogP contribution in [0.25, 0.3) is 21.9 Å². The number of nitrogens with one attached hydrogen (secondary N) is 2. The van der Waals surface area contributed by atoms with Crippen molar-refractivity contribution in [2.45, 2.75) is 10.9 Å². The van der Waals surface area contributed by atoms with Crippen LogP contribution in [-0.2, 0) is 21.9 Å². The first-order valence-electron chi connectivity index (χ1n) is 9.94. The Morgan fingerprint density at radius 3 is 2.61 bits per heavy atom. The van der Waals surface area contributed by atoms with Crippen LogP contribution in [0.4, 0.5) is 5.69 Å². The normalized spacial score (nSPS) is 12.8. The van der Waals surface area contributed by atoms with E-state index in [-0.39, 0.29) is 10.4 Å². The fraction of sp³-hybridized carbons (Fsp3) is 0.0909. The number of hydrogen-bond acceptors (Lipinski definition) is 7. The molecule has 0 aliphatic carbocycles. The van der Waals surface area contributed by atoms with E-state index in [0.29, 0.717) is 16.8 Å². The Morgan fingerprint density at radius 2 is 1.79 bits per heavy atom. The molecule has 0 saturated heterocycles. The van der Waals surface area contributed by atoms with Crippen molar-refractivity contribution in [3.05, 3.63) is 78.5 Å². The Labute approximate surface area is 193 Å². The average molecular weight is 479 g/mol. The predicted octanol–water partition coefficient (Wildman–Crippen LogP) is 3.24. The summed E-state index contributed by atoms with van der Waals surface area (Å²) in [6, 6.07) is 17.7. The highest BCUT2D eigenvalue weighted by molar-refractivity contribution is 7.89. The summed E-state index contributed by atoms with van der Waals surface area (Å²) < 4.78 is 39.1. The number of nitrogens with zero attached hydrogens (tertiary/aromatic N) is 4. The second-order valence-electron chi connectivity index (χ2n) is 7.35. The summed E-state index contributed by atoms with van der Waals surface area (Å²) in [5, 5.41) is 7.84. The van der Waals surface area contributed by atoms with Crippen molar-refractivity contribution in [3.8, 4) is 0 Å². The first kappa shape index (κ1) is 21.2. The number of rotatable bonds is 6. The molecule has 0 spiro atoms. The van der Waals surface area contributed by atoms with E-state index in [1.165, 1.54) is 6.07 Å². The van der Waals surface area contributed by atoms with Gasteiger partial charge in [-0.3, -0.25) is 9.48 Å². The van der Waals surface area contributed by atoms with E-state index in [0.717, 1.165) is 22.6 Å². The van der Waals surface area contributed by atoms with Crippen LogP contribution in [0.3, 0.4) is 0 Å². The van der Waals surface area contributed by atoms with Crippen LogP contribution in [0, 0.1) is 0 Å². The van der Waals surface area contributed by atoms with Crippen molar-refractivity contribution in [2.24, 2.45) is 7.05 Å². The van der Waals surface area contributed by atoms with Crippen molar-refractivity contribution >= 4 is 55.3 Å². The molecule has 3 aromatic carbocycles. The van der Waals surface area contributed by atoms with E-state index in [4.69, 9.17) is 0 Å². The highest BCUT2D eigenvalue weighted by Crippen LogP contribution is 2.27. The number of fused-ring (bicyclic) bond motifs is 2. The summed E-state index contributed by atoms with van der Waals surface area (Å²) in [6.07, 6.45) is 1.66. The van der Waals surface area contributed by atoms with E-state index in [2.05, 4.69) is 23.9 Å². The maximum atomic E-state index is 13.4. The summed E-state index contributed by atoms with van der Waals surface area (Å²) in [6.45, 7) is 0. The number of benzene rings is 3. The maximum absolute atomic E-state index is 13.4. The molecule has 0 aliphatic heterocycles. The van der Waals surface area contributed by atoms with Crippen LogP contribution in [0.5, 0.6) is 0 Å². The van der Waals surface area contributed by atoms with Gasteiger partial charge in [-0.2, -0.15) is 18.6 Å². The van der Waals surface area contributed by atoms with Crippen LogP contribution >= 0.6 is 11.7 Å². The van der Waals surface area contributed by atoms with Crippen LogP contribution in [0.1, 0.15) is 11.6 Å². The molecule has 0 aliphatic rings. The summed E-state index contributed by atoms with van der Waals surface area (Å²) in [4.78, 5) is 13.4. The Kier molecular flexibility index (Phi) is 5.36. The molecule has 1 amide bonds. The second-order valence-corrected chi connectivity index (χ2v) is 9.56. The second kappa shape index (κ2) is 8.35. The lowest BCUT2D eigenvalue weighted by Crippen LogP contribution is -2.37. The van der Waals surface area contributed by atoms with Gasteiger partial charge in [-0.25, -0.2) is 8.42 Å². The van der Waals surface area contributed by atoms with E-state index < -0.39 is 22.0 Å². The van der Waals surface area contributed by atoms with Gasteiger partial charge >= 0.3 is 0 Å². The van der Waals surface area contributed by atoms with Gasteiger partial charge in [0.2, 0.25) is 15.9 Å². The molecule has 9 nitrogen and oxygen atoms in total. The van der Waals surface area contributed by atoms with Gasteiger partial charge in [0.05, 0.1) is 29.1 Å². The molecule has 2 heterocycles. The number of anilines is 1. The minimum Gasteiger partial charge on any atom is -0.324 e. The highest BCUT2D eigenvalue weighted by Gasteiger charge is 2.29. The molecule has 33 heavy (non-hydrogen) atoms. The molecule has 1 unspecified atom stereocenters. The third-order valence-corrected chi connectivity index (χ3v) is 7.25. The van der Waals surface area contributed by atoms with Gasteiger partial charge in [-0.15, -0.1) is 0 Å². The number of carbonyl (C=O) groups excluding carboxylic acids is 1. The Balaban J connectivity index is 1.52. The van der Waals surface area contributed by atoms with Crippen molar-refractivity contribution < 1.29 is 13.2 Å². The number of aryl methyl sites for hydroxylation is 1. The molecule has 11 heteroatoms. The highest BCUT2D eigenvalue weighted by atomic mass is 32.2. The van der Waals surface area contributed by atoms with Crippen LogP contribution < -0.4 is 10.0 Å². The Bertz CT molecular complexity index is 1580. The van der Waals surface area contributed by atoms with Crippen LogP contribution in [0.15, 0.2) is 77.8 Å². The molecule has 5 rings (SSSR count). The van der Waals surface area contributed by atoms with Gasteiger partial charge in [0, 0.05) is 12.4 Å². The van der Waals surface area contributed by atoms with Crippen LogP contribution in [-0.4, -0.2) is 32.9 Å². The lowest BCUT2D eigenvalue weighted by molar-refractivity contribution is -0.117. The fourth-order valence-corrected chi connectivity index (χ4v) is 5.58. The standard InChI is InChI=1S/C22H18N6O3S2/c1-28-18-11-5-9-16(15(18)13-23-28)24-22(29)20(14-7-3-2-4-8-14)27-33(30,31)19-12-6-10-17-21(19)26-32-25-17/h2-13,20,27H,1H3,(H,24,29). The first-order valence-corrected chi connectivity index (χ1v) is 12.2. The summed E-state index contributed by atoms with van der Waals surface area (Å²) in [5.74, 6) is -0.523. The molecule has 0 fully saturated rings. The molecule has 5 aromatic rings. The molecule has 0 radical (unpaired) electrons. The zero-order valence-electron chi connectivity index (χ0n) is 17.3. The minimum absolute atomic E-state index is 0.0307. The van der Waals surface area contributed by atoms with Crippen LogP contribution in [0.2, 0.25) is 0 Å². The summed E-state index contributed by atoms with van der Waals surface area (Å²) in [5.41, 5.74) is 2.62. The lowest BCUT2D eigenvalue weighted by Gasteiger charge is -2.19. The number of aromatic nitrogens is 4. The molecule has 2 N–H and O–H groups in total. The van der Waals surface area contributed by atoms with Gasteiger partial charge in [-0.05, 0) is 29.8 Å². The molecular formula is C22H18N6O3S2. The zero-order chi connectivity index (χ0) is 23.0. The third kappa shape index (κ3) is 3.97. The fourth-order valence-electron chi connectivity index (χ4n) is 3.63. The lowest BCUT2D eigenvalue weighted by atomic mass is 10.1. The van der Waals surface area contributed by atoms with Gasteiger partial charge < -0.3 is 5.32 Å². The molecule has 0 saturated carbocycles. The summed E-state index contributed by atoms with van der Waals surface area (Å²) >= 11 is 0.930. The van der Waals surface area contributed by atoms with Crippen molar-refractivity contribution in [1.82, 2.24) is 23.2 Å². The van der Waals surface area contributed by atoms with Gasteiger partial charge in [0.1, 0.15) is 22.0 Å². The zero-order valence-corrected chi connectivity index (χ0v) is 19.0. The number of sulfonamides is 1. The minimum atomic E-state index is -4.10. The Morgan fingerprint density at radius 1 is 1.00 bits per heavy atom. The Hall–Kier alpha value is -3.67. The molecule has 166 valence electrons. The van der Waals surface area contributed by atoms with E-state index >= 15 is 0 Å². The molecule has 0 bridgehead atoms. The number of carbonyl (C=O) groups is 1. The monoisotopic (exact) mass is 478 g/mol. The van der Waals surface area contributed by atoms with Gasteiger partial charge in [0.15, 0.2) is 0 Å². The number of hydrogen-bond donors (Lipinski definition) is 2. The molecule has 1 atom stereocenters. The predicted molar refractivity (Wildman–Crippen MR) is 126 cm³/mol. The maximum Gasteiger partial charge on any atom is 0.247 e. The van der Waals surface area contributed by atoms with E-state index in [1.54, 1.807) is 65.5 Å². The first-order chi connectivity index (χ1) is 15.9. The molecule has 2 aromatic heterocycles. The van der Waals surface area contributed by atoms with Crippen molar-refractivity contribution in [2.75, 3.05) is 5.32 Å². The smallest absolute Gasteiger partial charge is 0.247 e. The van der Waals surface area contributed by atoms with Gasteiger partial charge in [-0.1, -0.05) is 42.5 Å². The SMILES string of the molecule is Cn1ncc2c(NC(=O)C(NS(=O)(=O)c3cccc4nsnc34)c3ccccc3)cccc21. The quantitative estimate of drug-likeness (QED) is 0.387. The average Bonchev–Trinajstić information content (AvgIpc) is 3.45. The van der Waals surface area contributed by atoms with Crippen molar-refractivity contribution in [1.29, 1.82) is 0 Å². The van der Waals surface area contributed by atoms with E-state index in [1.807, 2.05) is 13.1 Å². The summed E-state index contributed by atoms with van der Waals surface area (Å²) in [7, 11) is -2.29. The van der Waals surface area contributed by atoms with Crippen molar-refractivity contribution in [3.63, 3.8) is 0 Å². The van der Waals surface area contributed by atoms with Gasteiger partial charge in [0.25, 0.3) is 0 Å². The molecular weight excluding hydrogens is 460 g/mol. The topological polar surface area (TPSA) is 119 Å². The van der Waals surface area contributed by atoms with E-state index in [9.17, 15) is 13.2 Å². The largest absolute Gasteiger partial charge is 0.324 e. The third-order valence-electron chi connectivity index (χ3n) is 5.26. The number of amides is 1.